The molecule has 1 aliphatic heterocycles. The van der Waals surface area contributed by atoms with Crippen LogP contribution >= 0.6 is 11.3 Å². The number of rotatable bonds is 5. The van der Waals surface area contributed by atoms with E-state index < -0.39 is 11.6 Å². The van der Waals surface area contributed by atoms with Gasteiger partial charge in [-0.1, -0.05) is 30.3 Å². The van der Waals surface area contributed by atoms with Crippen LogP contribution in [-0.4, -0.2) is 40.7 Å². The third-order valence-electron chi connectivity index (χ3n) is 5.38. The molecule has 0 radical (unpaired) electrons. The van der Waals surface area contributed by atoms with Gasteiger partial charge in [0, 0.05) is 11.4 Å². The van der Waals surface area contributed by atoms with Gasteiger partial charge in [-0.2, -0.15) is 0 Å². The number of imide groups is 1. The molecule has 0 bridgehead atoms. The smallest absolute Gasteiger partial charge is 0.325 e. The van der Waals surface area contributed by atoms with Crippen molar-refractivity contribution in [2.24, 2.45) is 0 Å². The second-order valence-electron chi connectivity index (χ2n) is 6.87. The minimum atomic E-state index is -1.02. The number of carbonyl (C=O) groups is 3. The molecular weight excluding hydrogens is 362 g/mol. The Bertz CT molecular complexity index is 896. The van der Waals surface area contributed by atoms with E-state index in [0.717, 1.165) is 27.3 Å². The lowest BCUT2D eigenvalue weighted by Crippen LogP contribution is -2.44. The Balaban J connectivity index is 1.52. The summed E-state index contributed by atoms with van der Waals surface area (Å²) in [5.74, 6) is -0.546. The SMILES string of the molecule is CCN(Cc1cccs1)C(=O)CN1C(=O)N[C@]2(CCc3ccccc32)C1=O. The molecule has 0 unspecified atom stereocenters. The maximum absolute atomic E-state index is 13.1. The second-order valence-corrected chi connectivity index (χ2v) is 7.90. The van der Waals surface area contributed by atoms with Crippen molar-refractivity contribution in [3.8, 4) is 0 Å². The van der Waals surface area contributed by atoms with Gasteiger partial charge < -0.3 is 10.2 Å². The van der Waals surface area contributed by atoms with E-state index >= 15 is 0 Å². The van der Waals surface area contributed by atoms with Crippen LogP contribution < -0.4 is 5.32 Å². The fourth-order valence-corrected chi connectivity index (χ4v) is 4.65. The first kappa shape index (κ1) is 17.7. The molecule has 140 valence electrons. The van der Waals surface area contributed by atoms with E-state index in [4.69, 9.17) is 0 Å². The highest BCUT2D eigenvalue weighted by atomic mass is 32.1. The van der Waals surface area contributed by atoms with E-state index in [1.54, 1.807) is 16.2 Å². The number of nitrogens with zero attached hydrogens (tertiary/aromatic N) is 2. The van der Waals surface area contributed by atoms with Crippen LogP contribution in [0.2, 0.25) is 0 Å². The Labute approximate surface area is 161 Å². The number of urea groups is 1. The van der Waals surface area contributed by atoms with Crippen molar-refractivity contribution in [3.63, 3.8) is 0 Å². The molecule has 1 aromatic carbocycles. The number of aryl methyl sites for hydroxylation is 1. The minimum absolute atomic E-state index is 0.224. The summed E-state index contributed by atoms with van der Waals surface area (Å²) in [6.45, 7) is 2.68. The third-order valence-corrected chi connectivity index (χ3v) is 6.24. The maximum atomic E-state index is 13.1. The number of carbonyl (C=O) groups excluding carboxylic acids is 3. The summed E-state index contributed by atoms with van der Waals surface area (Å²) in [6, 6.07) is 11.1. The maximum Gasteiger partial charge on any atom is 0.325 e. The molecule has 1 spiro atoms. The van der Waals surface area contributed by atoms with Crippen molar-refractivity contribution in [1.29, 1.82) is 0 Å². The number of likely N-dealkylation sites (N-methyl/N-ethyl adjacent to an activating group) is 1. The lowest BCUT2D eigenvalue weighted by molar-refractivity contribution is -0.139. The Kier molecular flexibility index (Phi) is 4.47. The van der Waals surface area contributed by atoms with Crippen molar-refractivity contribution in [2.45, 2.75) is 31.8 Å². The van der Waals surface area contributed by atoms with Gasteiger partial charge in [0.15, 0.2) is 0 Å². The largest absolute Gasteiger partial charge is 0.336 e. The number of fused-ring (bicyclic) bond motifs is 2. The molecule has 1 fully saturated rings. The summed E-state index contributed by atoms with van der Waals surface area (Å²) in [6.07, 6.45) is 1.28. The van der Waals surface area contributed by atoms with Gasteiger partial charge in [-0.25, -0.2) is 4.79 Å². The van der Waals surface area contributed by atoms with E-state index in [0.29, 0.717) is 19.5 Å². The van der Waals surface area contributed by atoms with Crippen molar-refractivity contribution >= 4 is 29.2 Å². The number of amides is 4. The van der Waals surface area contributed by atoms with Crippen LogP contribution in [0.4, 0.5) is 4.79 Å². The average molecular weight is 383 g/mol. The number of thiophene rings is 1. The Morgan fingerprint density at radius 2 is 2.07 bits per heavy atom. The van der Waals surface area contributed by atoms with Gasteiger partial charge in [-0.3, -0.25) is 14.5 Å². The van der Waals surface area contributed by atoms with Gasteiger partial charge >= 0.3 is 6.03 Å². The molecule has 2 aliphatic rings. The number of nitrogens with one attached hydrogen (secondary N) is 1. The molecule has 4 rings (SSSR count). The fraction of sp³-hybridized carbons (Fsp3) is 0.350. The van der Waals surface area contributed by atoms with Crippen LogP contribution in [0, 0.1) is 0 Å². The predicted octanol–water partition coefficient (Wildman–Crippen LogP) is 2.49. The highest BCUT2D eigenvalue weighted by Crippen LogP contribution is 2.41. The summed E-state index contributed by atoms with van der Waals surface area (Å²) < 4.78 is 0. The van der Waals surface area contributed by atoms with Crippen LogP contribution in [0.25, 0.3) is 0 Å². The monoisotopic (exact) mass is 383 g/mol. The number of benzene rings is 1. The Hall–Kier alpha value is -2.67. The lowest BCUT2D eigenvalue weighted by atomic mass is 9.92. The van der Waals surface area contributed by atoms with Crippen molar-refractivity contribution in [3.05, 3.63) is 57.8 Å². The van der Waals surface area contributed by atoms with Gasteiger partial charge in [-0.15, -0.1) is 11.3 Å². The molecule has 1 atom stereocenters. The molecule has 2 heterocycles. The zero-order valence-corrected chi connectivity index (χ0v) is 15.9. The van der Waals surface area contributed by atoms with Crippen molar-refractivity contribution in [1.82, 2.24) is 15.1 Å². The van der Waals surface area contributed by atoms with Gasteiger partial charge in [0.05, 0.1) is 6.54 Å². The van der Waals surface area contributed by atoms with Crippen molar-refractivity contribution in [2.75, 3.05) is 13.1 Å². The summed E-state index contributed by atoms with van der Waals surface area (Å²) in [5, 5.41) is 4.83. The van der Waals surface area contributed by atoms with Crippen LogP contribution in [0.3, 0.4) is 0 Å². The zero-order valence-electron chi connectivity index (χ0n) is 15.1. The highest BCUT2D eigenvalue weighted by molar-refractivity contribution is 7.09. The Morgan fingerprint density at radius 3 is 2.81 bits per heavy atom. The summed E-state index contributed by atoms with van der Waals surface area (Å²) in [4.78, 5) is 42.2. The van der Waals surface area contributed by atoms with E-state index in [1.165, 1.54) is 0 Å². The van der Waals surface area contributed by atoms with Crippen LogP contribution in [0.1, 0.15) is 29.3 Å². The summed E-state index contributed by atoms with van der Waals surface area (Å²) >= 11 is 1.58. The topological polar surface area (TPSA) is 69.7 Å². The predicted molar refractivity (Wildman–Crippen MR) is 102 cm³/mol. The molecule has 1 saturated heterocycles. The summed E-state index contributed by atoms with van der Waals surface area (Å²) in [5.41, 5.74) is 0.912. The van der Waals surface area contributed by atoms with Gasteiger partial charge in [0.2, 0.25) is 5.91 Å². The van der Waals surface area contributed by atoms with Crippen LogP contribution in [0.5, 0.6) is 0 Å². The lowest BCUT2D eigenvalue weighted by Gasteiger charge is -2.24. The molecular formula is C20H21N3O3S. The molecule has 27 heavy (non-hydrogen) atoms. The van der Waals surface area contributed by atoms with Crippen LogP contribution in [-0.2, 0) is 28.1 Å². The Morgan fingerprint density at radius 1 is 1.26 bits per heavy atom. The van der Waals surface area contributed by atoms with E-state index in [-0.39, 0.29) is 18.4 Å². The summed E-state index contributed by atoms with van der Waals surface area (Å²) in [7, 11) is 0. The molecule has 6 nitrogen and oxygen atoms in total. The molecule has 1 N–H and O–H groups in total. The average Bonchev–Trinajstić information content (AvgIpc) is 3.37. The first-order valence-corrected chi connectivity index (χ1v) is 9.96. The first-order valence-electron chi connectivity index (χ1n) is 9.08. The first-order chi connectivity index (χ1) is 13.0. The van der Waals surface area contributed by atoms with Gasteiger partial charge in [0.1, 0.15) is 12.1 Å². The van der Waals surface area contributed by atoms with Crippen LogP contribution in [0.15, 0.2) is 41.8 Å². The third kappa shape index (κ3) is 2.92. The minimum Gasteiger partial charge on any atom is -0.336 e. The molecule has 4 amide bonds. The molecule has 0 saturated carbocycles. The fourth-order valence-electron chi connectivity index (χ4n) is 3.94. The standard InChI is InChI=1S/C20H21N3O3S/c1-2-22(12-15-7-5-11-27-15)17(24)13-23-18(25)20(21-19(23)26)10-9-14-6-3-4-8-16(14)20/h3-8,11H,2,9-10,12-13H2,1H3,(H,21,26)/t20-/m0/s1. The second kappa shape index (κ2) is 6.81. The van der Waals surface area contributed by atoms with Gasteiger partial charge in [-0.05, 0) is 42.3 Å². The zero-order chi connectivity index (χ0) is 19.0. The molecule has 1 aromatic heterocycles. The van der Waals surface area contributed by atoms with E-state index in [2.05, 4.69) is 5.32 Å². The normalized spacial score (nSPS) is 20.9. The number of hydrogen-bond donors (Lipinski definition) is 1. The van der Waals surface area contributed by atoms with E-state index in [9.17, 15) is 14.4 Å². The van der Waals surface area contributed by atoms with Crippen molar-refractivity contribution < 1.29 is 14.4 Å². The molecule has 2 aromatic rings. The van der Waals surface area contributed by atoms with Gasteiger partial charge in [0.25, 0.3) is 5.91 Å². The quantitative estimate of drug-likeness (QED) is 0.807. The number of hydrogen-bond acceptors (Lipinski definition) is 4. The van der Waals surface area contributed by atoms with E-state index in [1.807, 2.05) is 48.7 Å². The molecule has 1 aliphatic carbocycles. The highest BCUT2D eigenvalue weighted by Gasteiger charge is 2.55. The molecule has 7 heteroatoms.